The minimum Gasteiger partial charge on any atom is -0.351 e. The summed E-state index contributed by atoms with van der Waals surface area (Å²) in [6.07, 6.45) is 46.8. The van der Waals surface area contributed by atoms with E-state index in [0.717, 1.165) is 57.8 Å². The quantitative estimate of drug-likeness (QED) is 0.0640. The van der Waals surface area contributed by atoms with Gasteiger partial charge in [0.25, 0.3) is 0 Å². The maximum Gasteiger partial charge on any atom is 0.220 e. The summed E-state index contributed by atoms with van der Waals surface area (Å²) in [5.41, 5.74) is 0. The van der Waals surface area contributed by atoms with Crippen LogP contribution in [0, 0.1) is 0 Å². The van der Waals surface area contributed by atoms with Crippen molar-refractivity contribution in [3.8, 4) is 0 Å². The molecule has 4 nitrogen and oxygen atoms in total. The molecule has 0 unspecified atom stereocenters. The van der Waals surface area contributed by atoms with Crippen LogP contribution in [0.15, 0.2) is 48.6 Å². The van der Waals surface area contributed by atoms with Crippen molar-refractivity contribution in [2.45, 2.75) is 186 Å². The van der Waals surface area contributed by atoms with Crippen LogP contribution in [0.4, 0.5) is 0 Å². The van der Waals surface area contributed by atoms with E-state index in [-0.39, 0.29) is 23.9 Å². The summed E-state index contributed by atoms with van der Waals surface area (Å²) in [5.74, 6) is 0.280. The Morgan fingerprint density at radius 1 is 0.465 bits per heavy atom. The Morgan fingerprint density at radius 3 is 1.16 bits per heavy atom. The predicted octanol–water partition coefficient (Wildman–Crippen LogP) is 11.0. The molecule has 43 heavy (non-hydrogen) atoms. The summed E-state index contributed by atoms with van der Waals surface area (Å²) < 4.78 is 0. The Hall–Kier alpha value is -2.10. The highest BCUT2D eigenvalue weighted by molar-refractivity contribution is 5.78. The molecule has 0 aromatic carbocycles. The lowest BCUT2D eigenvalue weighted by molar-refractivity contribution is -0.123. The third kappa shape index (κ3) is 27.2. The molecule has 0 bridgehead atoms. The van der Waals surface area contributed by atoms with Gasteiger partial charge >= 0.3 is 0 Å². The van der Waals surface area contributed by atoms with Crippen molar-refractivity contribution in [3.63, 3.8) is 0 Å². The van der Waals surface area contributed by atoms with Crippen molar-refractivity contribution < 1.29 is 9.59 Å². The molecule has 0 aliphatic heterocycles. The summed E-state index contributed by atoms with van der Waals surface area (Å²) in [7, 11) is 0. The van der Waals surface area contributed by atoms with Gasteiger partial charge in [-0.05, 0) is 83.5 Å². The zero-order chi connectivity index (χ0) is 31.1. The van der Waals surface area contributed by atoms with Gasteiger partial charge in [0, 0.05) is 12.8 Å². The van der Waals surface area contributed by atoms with Gasteiger partial charge in [0.15, 0.2) is 0 Å². The SMILES string of the molecule is CCCCCC=CCC=CCCCCCCCC(=O)N[C@H]1C[C@H]1NC(=O)CCCCCCCC=CCC=CCCCCC. The molecule has 246 valence electrons. The second-order valence-electron chi connectivity index (χ2n) is 12.5. The number of nitrogens with one attached hydrogen (secondary N) is 2. The summed E-state index contributed by atoms with van der Waals surface area (Å²) in [5, 5.41) is 6.21. The van der Waals surface area contributed by atoms with Crippen LogP contribution in [0.2, 0.25) is 0 Å². The van der Waals surface area contributed by atoms with Gasteiger partial charge in [-0.25, -0.2) is 0 Å². The number of carbonyl (C=O) groups is 2. The van der Waals surface area contributed by atoms with Crippen molar-refractivity contribution in [2.75, 3.05) is 0 Å². The van der Waals surface area contributed by atoms with Crippen LogP contribution in [0.25, 0.3) is 0 Å². The highest BCUT2D eigenvalue weighted by Gasteiger charge is 2.39. The predicted molar refractivity (Wildman–Crippen MR) is 187 cm³/mol. The first-order chi connectivity index (χ1) is 21.2. The number of carbonyl (C=O) groups excluding carboxylic acids is 2. The molecule has 2 N–H and O–H groups in total. The largest absolute Gasteiger partial charge is 0.351 e. The third-order valence-corrected chi connectivity index (χ3v) is 8.19. The van der Waals surface area contributed by atoms with Crippen LogP contribution in [0.1, 0.15) is 174 Å². The lowest BCUT2D eigenvalue weighted by Gasteiger charge is -2.07. The molecule has 1 saturated carbocycles. The summed E-state index contributed by atoms with van der Waals surface area (Å²) >= 11 is 0. The number of hydrogen-bond acceptors (Lipinski definition) is 2. The van der Waals surface area contributed by atoms with Gasteiger partial charge in [0.05, 0.1) is 12.1 Å². The zero-order valence-corrected chi connectivity index (χ0v) is 28.3. The molecular formula is C39H68N2O2. The average molecular weight is 597 g/mol. The summed E-state index contributed by atoms with van der Waals surface area (Å²) in [4.78, 5) is 24.5. The van der Waals surface area contributed by atoms with Crippen molar-refractivity contribution in [1.82, 2.24) is 10.6 Å². The van der Waals surface area contributed by atoms with Crippen LogP contribution in [0.5, 0.6) is 0 Å². The smallest absolute Gasteiger partial charge is 0.220 e. The van der Waals surface area contributed by atoms with E-state index in [1.54, 1.807) is 0 Å². The van der Waals surface area contributed by atoms with Gasteiger partial charge in [-0.15, -0.1) is 0 Å². The fourth-order valence-corrected chi connectivity index (χ4v) is 5.27. The average Bonchev–Trinajstić information content (AvgIpc) is 3.73. The minimum absolute atomic E-state index is 0.138. The van der Waals surface area contributed by atoms with E-state index in [9.17, 15) is 9.59 Å². The maximum atomic E-state index is 12.2. The fraction of sp³-hybridized carbons (Fsp3) is 0.744. The first-order valence-electron chi connectivity index (χ1n) is 18.4. The Labute approximate surface area is 266 Å². The lowest BCUT2D eigenvalue weighted by Crippen LogP contribution is -2.34. The molecule has 1 rings (SSSR count). The first kappa shape index (κ1) is 38.9. The molecule has 0 heterocycles. The lowest BCUT2D eigenvalue weighted by atomic mass is 10.1. The molecule has 2 amide bonds. The Morgan fingerprint density at radius 2 is 0.791 bits per heavy atom. The van der Waals surface area contributed by atoms with Gasteiger partial charge in [-0.3, -0.25) is 9.59 Å². The van der Waals surface area contributed by atoms with Crippen LogP contribution in [0.3, 0.4) is 0 Å². The van der Waals surface area contributed by atoms with Crippen molar-refractivity contribution >= 4 is 11.8 Å². The Bertz CT molecular complexity index is 718. The number of unbranched alkanes of at least 4 members (excludes halogenated alkanes) is 16. The van der Waals surface area contributed by atoms with Crippen molar-refractivity contribution in [1.29, 1.82) is 0 Å². The van der Waals surface area contributed by atoms with E-state index in [1.165, 1.54) is 89.9 Å². The molecule has 1 aliphatic carbocycles. The highest BCUT2D eigenvalue weighted by Crippen LogP contribution is 2.22. The maximum absolute atomic E-state index is 12.2. The molecule has 1 fully saturated rings. The molecule has 2 atom stereocenters. The number of hydrogen-bond donors (Lipinski definition) is 2. The second-order valence-corrected chi connectivity index (χ2v) is 12.5. The van der Waals surface area contributed by atoms with E-state index < -0.39 is 0 Å². The molecule has 1 aliphatic rings. The molecule has 0 aromatic heterocycles. The highest BCUT2D eigenvalue weighted by atomic mass is 16.2. The minimum atomic E-state index is 0.138. The number of allylic oxidation sites excluding steroid dienone is 8. The molecule has 0 aromatic rings. The second kappa shape index (κ2) is 29.9. The molecule has 0 radical (unpaired) electrons. The number of rotatable bonds is 30. The Balaban J connectivity index is 1.86. The first-order valence-corrected chi connectivity index (χ1v) is 18.4. The van der Waals surface area contributed by atoms with E-state index in [0.29, 0.717) is 12.8 Å². The van der Waals surface area contributed by atoms with E-state index in [1.807, 2.05) is 0 Å². The van der Waals surface area contributed by atoms with Crippen LogP contribution >= 0.6 is 0 Å². The normalized spacial score (nSPS) is 16.7. The topological polar surface area (TPSA) is 58.2 Å². The monoisotopic (exact) mass is 597 g/mol. The molecule has 0 saturated heterocycles. The van der Waals surface area contributed by atoms with Gasteiger partial charge in [-0.2, -0.15) is 0 Å². The Kier molecular flexibility index (Phi) is 27.1. The third-order valence-electron chi connectivity index (χ3n) is 8.19. The van der Waals surface area contributed by atoms with Crippen molar-refractivity contribution in [2.24, 2.45) is 0 Å². The van der Waals surface area contributed by atoms with Crippen LogP contribution < -0.4 is 10.6 Å². The van der Waals surface area contributed by atoms with Crippen LogP contribution in [-0.4, -0.2) is 23.9 Å². The van der Waals surface area contributed by atoms with E-state index >= 15 is 0 Å². The van der Waals surface area contributed by atoms with Gasteiger partial charge in [0.2, 0.25) is 11.8 Å². The summed E-state index contributed by atoms with van der Waals surface area (Å²) in [6, 6.07) is 0.276. The van der Waals surface area contributed by atoms with Crippen molar-refractivity contribution in [3.05, 3.63) is 48.6 Å². The van der Waals surface area contributed by atoms with Gasteiger partial charge in [-0.1, -0.05) is 127 Å². The zero-order valence-electron chi connectivity index (χ0n) is 28.3. The summed E-state index contributed by atoms with van der Waals surface area (Å²) in [6.45, 7) is 4.49. The standard InChI is InChI=1S/C39H68N2O2/c1-3-5-7-9-11-13-15-17-19-21-23-25-27-29-31-33-38(42)40-36-35-37(36)41-39(43)34-32-30-28-26-24-22-20-18-16-14-12-10-8-6-4-2/h11-14,17-20,36-37H,3-10,15-16,21-35H2,1-2H3,(H,40,42)(H,41,43)/t36-,37+. The van der Waals surface area contributed by atoms with Gasteiger partial charge in [0.1, 0.15) is 0 Å². The van der Waals surface area contributed by atoms with E-state index in [2.05, 4.69) is 73.1 Å². The molecule has 0 spiro atoms. The van der Waals surface area contributed by atoms with Crippen LogP contribution in [-0.2, 0) is 9.59 Å². The van der Waals surface area contributed by atoms with Gasteiger partial charge < -0.3 is 10.6 Å². The molecular weight excluding hydrogens is 528 g/mol. The number of amides is 2. The fourth-order valence-electron chi connectivity index (χ4n) is 5.27. The van der Waals surface area contributed by atoms with E-state index in [4.69, 9.17) is 0 Å². The molecule has 4 heteroatoms.